The first-order chi connectivity index (χ1) is 13.2. The van der Waals surface area contributed by atoms with Crippen LogP contribution >= 0.6 is 0 Å². The number of ether oxygens (including phenoxy) is 3. The normalized spacial score (nSPS) is 10.6. The third-order valence-corrected chi connectivity index (χ3v) is 4.02. The molecule has 0 bridgehead atoms. The van der Waals surface area contributed by atoms with Gasteiger partial charge in [-0.2, -0.15) is 0 Å². The van der Waals surface area contributed by atoms with Crippen LogP contribution in [-0.2, 0) is 11.3 Å². The van der Waals surface area contributed by atoms with Crippen molar-refractivity contribution in [2.24, 2.45) is 0 Å². The molecule has 0 radical (unpaired) electrons. The summed E-state index contributed by atoms with van der Waals surface area (Å²) in [6.45, 7) is 3.18. The third kappa shape index (κ3) is 6.37. The van der Waals surface area contributed by atoms with Crippen LogP contribution in [0.4, 0.5) is 0 Å². The fourth-order valence-electron chi connectivity index (χ4n) is 2.50. The van der Waals surface area contributed by atoms with E-state index in [1.165, 1.54) is 6.08 Å². The van der Waals surface area contributed by atoms with Crippen molar-refractivity contribution < 1.29 is 19.0 Å². The molecule has 27 heavy (non-hydrogen) atoms. The van der Waals surface area contributed by atoms with Crippen LogP contribution in [0.25, 0.3) is 6.08 Å². The number of rotatable bonds is 10. The molecule has 0 saturated heterocycles. The quantitative estimate of drug-likeness (QED) is 0.503. The number of hydrogen-bond donors (Lipinski definition) is 1. The fourth-order valence-corrected chi connectivity index (χ4v) is 2.50. The summed E-state index contributed by atoms with van der Waals surface area (Å²) in [4.78, 5) is 12.1. The van der Waals surface area contributed by atoms with Gasteiger partial charge in [0, 0.05) is 18.2 Å². The highest BCUT2D eigenvalue weighted by Gasteiger charge is 2.06. The standard InChI is InChI=1S/C22H27NO4/c1-4-5-14-27-20-12-10-17(15-21(20)26-3)11-13-22(24)23-16-18-8-6-7-9-19(18)25-2/h6-13,15H,4-5,14,16H2,1-3H3,(H,23,24)/b13-11+. The number of methoxy groups -OCH3 is 2. The van der Waals surface area contributed by atoms with Gasteiger partial charge in [-0.05, 0) is 36.3 Å². The summed E-state index contributed by atoms with van der Waals surface area (Å²) in [5, 5.41) is 2.86. The lowest BCUT2D eigenvalue weighted by Gasteiger charge is -2.11. The molecule has 0 aliphatic carbocycles. The van der Waals surface area contributed by atoms with Crippen molar-refractivity contribution in [2.45, 2.75) is 26.3 Å². The molecule has 1 N–H and O–H groups in total. The minimum Gasteiger partial charge on any atom is -0.496 e. The highest BCUT2D eigenvalue weighted by Crippen LogP contribution is 2.28. The van der Waals surface area contributed by atoms with Gasteiger partial charge in [0.2, 0.25) is 5.91 Å². The number of unbranched alkanes of at least 4 members (excludes halogenated alkanes) is 1. The van der Waals surface area contributed by atoms with Crippen LogP contribution in [-0.4, -0.2) is 26.7 Å². The summed E-state index contributed by atoms with van der Waals surface area (Å²) in [6, 6.07) is 13.2. The first-order valence-electron chi connectivity index (χ1n) is 9.06. The van der Waals surface area contributed by atoms with E-state index in [1.54, 1.807) is 20.3 Å². The summed E-state index contributed by atoms with van der Waals surface area (Å²) in [5.41, 5.74) is 1.79. The molecule has 0 saturated carbocycles. The monoisotopic (exact) mass is 369 g/mol. The number of carbonyl (C=O) groups excluding carboxylic acids is 1. The van der Waals surface area contributed by atoms with Crippen molar-refractivity contribution in [3.05, 3.63) is 59.7 Å². The molecule has 2 rings (SSSR count). The first kappa shape index (κ1) is 20.4. The largest absolute Gasteiger partial charge is 0.496 e. The smallest absolute Gasteiger partial charge is 0.244 e. The van der Waals surface area contributed by atoms with Crippen LogP contribution < -0.4 is 19.5 Å². The SMILES string of the molecule is CCCCOc1ccc(/C=C/C(=O)NCc2ccccc2OC)cc1OC. The highest BCUT2D eigenvalue weighted by molar-refractivity contribution is 5.91. The Morgan fingerprint density at radius 2 is 1.81 bits per heavy atom. The topological polar surface area (TPSA) is 56.8 Å². The van der Waals surface area contributed by atoms with Gasteiger partial charge in [-0.1, -0.05) is 37.6 Å². The molecule has 5 heteroatoms. The molecule has 144 valence electrons. The van der Waals surface area contributed by atoms with Gasteiger partial charge in [-0.25, -0.2) is 0 Å². The Kier molecular flexibility index (Phi) is 8.23. The molecule has 0 atom stereocenters. The van der Waals surface area contributed by atoms with Crippen molar-refractivity contribution in [3.63, 3.8) is 0 Å². The molecule has 0 fully saturated rings. The van der Waals surface area contributed by atoms with Crippen LogP contribution in [0.2, 0.25) is 0 Å². The Hall–Kier alpha value is -2.95. The van der Waals surface area contributed by atoms with Gasteiger partial charge in [0.1, 0.15) is 5.75 Å². The van der Waals surface area contributed by atoms with Crippen LogP contribution in [0, 0.1) is 0 Å². The maximum absolute atomic E-state index is 12.1. The second-order valence-electron chi connectivity index (χ2n) is 5.98. The molecular formula is C22H27NO4. The van der Waals surface area contributed by atoms with Crippen LogP contribution in [0.1, 0.15) is 30.9 Å². The molecule has 0 spiro atoms. The van der Waals surface area contributed by atoms with Gasteiger partial charge in [-0.15, -0.1) is 0 Å². The molecule has 5 nitrogen and oxygen atoms in total. The lowest BCUT2D eigenvalue weighted by atomic mass is 10.1. The predicted molar refractivity (Wildman–Crippen MR) is 107 cm³/mol. The molecule has 0 aromatic heterocycles. The molecule has 0 heterocycles. The molecule has 2 aromatic carbocycles. The number of carbonyl (C=O) groups is 1. The Labute approximate surface area is 161 Å². The molecular weight excluding hydrogens is 342 g/mol. The number of nitrogens with one attached hydrogen (secondary N) is 1. The third-order valence-electron chi connectivity index (χ3n) is 4.02. The Morgan fingerprint density at radius 1 is 1.04 bits per heavy atom. The van der Waals surface area contributed by atoms with Gasteiger partial charge < -0.3 is 19.5 Å². The summed E-state index contributed by atoms with van der Waals surface area (Å²) in [6.07, 6.45) is 5.32. The maximum atomic E-state index is 12.1. The molecule has 0 unspecified atom stereocenters. The molecule has 2 aromatic rings. The van der Waals surface area contributed by atoms with Crippen molar-refractivity contribution >= 4 is 12.0 Å². The number of para-hydroxylation sites is 1. The second kappa shape index (κ2) is 10.9. The van der Waals surface area contributed by atoms with Crippen LogP contribution in [0.3, 0.4) is 0 Å². The van der Waals surface area contributed by atoms with Gasteiger partial charge in [0.05, 0.1) is 20.8 Å². The average Bonchev–Trinajstić information content (AvgIpc) is 2.71. The van der Waals surface area contributed by atoms with Crippen LogP contribution in [0.5, 0.6) is 17.2 Å². The van der Waals surface area contributed by atoms with Crippen molar-refractivity contribution in [1.82, 2.24) is 5.32 Å². The Balaban J connectivity index is 1.95. The summed E-state index contributed by atoms with van der Waals surface area (Å²) in [7, 11) is 3.22. The van der Waals surface area contributed by atoms with E-state index in [1.807, 2.05) is 42.5 Å². The Bertz CT molecular complexity index is 771. The number of amides is 1. The van der Waals surface area contributed by atoms with E-state index in [-0.39, 0.29) is 5.91 Å². The zero-order valence-electron chi connectivity index (χ0n) is 16.2. The second-order valence-corrected chi connectivity index (χ2v) is 5.98. The summed E-state index contributed by atoms with van der Waals surface area (Å²) < 4.78 is 16.4. The minimum atomic E-state index is -0.178. The molecule has 0 aliphatic rings. The summed E-state index contributed by atoms with van der Waals surface area (Å²) in [5.74, 6) is 1.94. The first-order valence-corrected chi connectivity index (χ1v) is 9.06. The van der Waals surface area contributed by atoms with Crippen molar-refractivity contribution in [1.29, 1.82) is 0 Å². The average molecular weight is 369 g/mol. The molecule has 0 aliphatic heterocycles. The van der Waals surface area contributed by atoms with E-state index in [9.17, 15) is 4.79 Å². The zero-order valence-corrected chi connectivity index (χ0v) is 16.2. The number of hydrogen-bond acceptors (Lipinski definition) is 4. The van der Waals surface area contributed by atoms with Gasteiger partial charge in [0.25, 0.3) is 0 Å². The fraction of sp³-hybridized carbons (Fsp3) is 0.318. The van der Waals surface area contributed by atoms with E-state index in [4.69, 9.17) is 14.2 Å². The van der Waals surface area contributed by atoms with E-state index in [0.717, 1.165) is 29.7 Å². The van der Waals surface area contributed by atoms with Gasteiger partial charge in [-0.3, -0.25) is 4.79 Å². The van der Waals surface area contributed by atoms with E-state index < -0.39 is 0 Å². The van der Waals surface area contributed by atoms with Gasteiger partial charge >= 0.3 is 0 Å². The van der Waals surface area contributed by atoms with Crippen LogP contribution in [0.15, 0.2) is 48.5 Å². The Morgan fingerprint density at radius 3 is 2.56 bits per heavy atom. The summed E-state index contributed by atoms with van der Waals surface area (Å²) >= 11 is 0. The van der Waals surface area contributed by atoms with Crippen molar-refractivity contribution in [2.75, 3.05) is 20.8 Å². The number of benzene rings is 2. The van der Waals surface area contributed by atoms with E-state index >= 15 is 0 Å². The minimum absolute atomic E-state index is 0.178. The lowest BCUT2D eigenvalue weighted by molar-refractivity contribution is -0.116. The maximum Gasteiger partial charge on any atom is 0.244 e. The zero-order chi connectivity index (χ0) is 19.5. The van der Waals surface area contributed by atoms with Gasteiger partial charge in [0.15, 0.2) is 11.5 Å². The van der Waals surface area contributed by atoms with Crippen molar-refractivity contribution in [3.8, 4) is 17.2 Å². The molecule has 1 amide bonds. The lowest BCUT2D eigenvalue weighted by Crippen LogP contribution is -2.20. The van der Waals surface area contributed by atoms with E-state index in [0.29, 0.717) is 24.7 Å². The highest BCUT2D eigenvalue weighted by atomic mass is 16.5. The van der Waals surface area contributed by atoms with E-state index in [2.05, 4.69) is 12.2 Å². The predicted octanol–water partition coefficient (Wildman–Crippen LogP) is 4.21.